The molecule has 0 saturated heterocycles. The van der Waals surface area contributed by atoms with Gasteiger partial charge < -0.3 is 5.11 Å². The molecule has 2 nitrogen and oxygen atoms in total. The maximum absolute atomic E-state index is 10.2. The van der Waals surface area contributed by atoms with Crippen molar-refractivity contribution in [3.8, 4) is 0 Å². The molecule has 0 fully saturated rings. The van der Waals surface area contributed by atoms with Crippen molar-refractivity contribution >= 4 is 11.8 Å². The largest absolute Gasteiger partial charge is 0.382 e. The van der Waals surface area contributed by atoms with E-state index in [2.05, 4.69) is 4.98 Å². The molecule has 0 amide bonds. The highest BCUT2D eigenvalue weighted by atomic mass is 32.2. The van der Waals surface area contributed by atoms with Crippen molar-refractivity contribution < 1.29 is 5.11 Å². The third-order valence-electron chi connectivity index (χ3n) is 2.40. The van der Waals surface area contributed by atoms with Crippen LogP contribution in [0.4, 0.5) is 0 Å². The highest BCUT2D eigenvalue weighted by Gasteiger charge is 2.14. The zero-order valence-electron chi connectivity index (χ0n) is 9.00. The van der Waals surface area contributed by atoms with E-state index in [-0.39, 0.29) is 0 Å². The Morgan fingerprint density at radius 1 is 1.12 bits per heavy atom. The third-order valence-corrected chi connectivity index (χ3v) is 3.21. The lowest BCUT2D eigenvalue weighted by Gasteiger charge is -2.13. The lowest BCUT2D eigenvalue weighted by Crippen LogP contribution is -2.03. The van der Waals surface area contributed by atoms with Gasteiger partial charge in [-0.15, -0.1) is 11.8 Å². The van der Waals surface area contributed by atoms with E-state index in [0.717, 1.165) is 10.5 Å². The molecule has 0 saturated carbocycles. The molecular weight excluding hydrogens is 218 g/mol. The van der Waals surface area contributed by atoms with Crippen molar-refractivity contribution in [2.75, 3.05) is 6.26 Å². The highest BCUT2D eigenvalue weighted by Crippen LogP contribution is 2.28. The predicted molar refractivity (Wildman–Crippen MR) is 66.5 cm³/mol. The number of pyridine rings is 1. The van der Waals surface area contributed by atoms with Gasteiger partial charge in [-0.25, -0.2) is 0 Å². The lowest BCUT2D eigenvalue weighted by atomic mass is 10.1. The van der Waals surface area contributed by atoms with Crippen LogP contribution in [0.15, 0.2) is 53.6 Å². The summed E-state index contributed by atoms with van der Waals surface area (Å²) in [6, 6.07) is 13.4. The fourth-order valence-corrected chi connectivity index (χ4v) is 2.22. The molecule has 1 atom stereocenters. The molecule has 1 N–H and O–H groups in total. The Kier molecular flexibility index (Phi) is 3.59. The van der Waals surface area contributed by atoms with E-state index in [1.165, 1.54) is 0 Å². The van der Waals surface area contributed by atoms with Gasteiger partial charge in [0.15, 0.2) is 0 Å². The number of hydrogen-bond donors (Lipinski definition) is 1. The van der Waals surface area contributed by atoms with E-state index in [4.69, 9.17) is 0 Å². The fraction of sp³-hybridized carbons (Fsp3) is 0.154. The monoisotopic (exact) mass is 231 g/mol. The molecule has 2 aromatic rings. The number of nitrogens with zero attached hydrogens (tertiary/aromatic N) is 1. The fourth-order valence-electron chi connectivity index (χ4n) is 1.59. The first-order valence-corrected chi connectivity index (χ1v) is 6.27. The Labute approximate surface area is 99.4 Å². The van der Waals surface area contributed by atoms with Crippen LogP contribution in [0, 0.1) is 0 Å². The predicted octanol–water partition coefficient (Wildman–Crippen LogP) is 2.89. The Hall–Kier alpha value is -1.32. The van der Waals surface area contributed by atoms with Crippen molar-refractivity contribution in [1.82, 2.24) is 4.98 Å². The number of aliphatic hydroxyl groups is 1. The summed E-state index contributed by atoms with van der Waals surface area (Å²) in [5.41, 5.74) is 1.60. The van der Waals surface area contributed by atoms with Gasteiger partial charge >= 0.3 is 0 Å². The quantitative estimate of drug-likeness (QED) is 0.824. The minimum absolute atomic E-state index is 0.648. The minimum atomic E-state index is -0.648. The van der Waals surface area contributed by atoms with Crippen LogP contribution in [0.3, 0.4) is 0 Å². The van der Waals surface area contributed by atoms with Crippen LogP contribution in [0.25, 0.3) is 0 Å². The Bertz CT molecular complexity index is 458. The second-order valence-corrected chi connectivity index (χ2v) is 4.25. The van der Waals surface area contributed by atoms with Crippen LogP contribution in [-0.4, -0.2) is 16.3 Å². The van der Waals surface area contributed by atoms with E-state index in [9.17, 15) is 5.11 Å². The molecule has 0 spiro atoms. The molecule has 16 heavy (non-hydrogen) atoms. The summed E-state index contributed by atoms with van der Waals surface area (Å²) in [4.78, 5) is 5.26. The van der Waals surface area contributed by atoms with Gasteiger partial charge in [0.25, 0.3) is 0 Å². The standard InChI is InChI=1S/C13H13NOS/c1-16-12-8-3-2-6-10(12)13(15)11-7-4-5-9-14-11/h2-9,13,15H,1H3/t13-/m1/s1. The first-order valence-electron chi connectivity index (χ1n) is 5.05. The number of rotatable bonds is 3. The van der Waals surface area contributed by atoms with E-state index in [1.807, 2.05) is 48.7 Å². The minimum Gasteiger partial charge on any atom is -0.382 e. The smallest absolute Gasteiger partial charge is 0.122 e. The van der Waals surface area contributed by atoms with Crippen molar-refractivity contribution in [3.05, 3.63) is 59.9 Å². The van der Waals surface area contributed by atoms with E-state index in [0.29, 0.717) is 5.69 Å². The molecule has 2 rings (SSSR count). The normalized spacial score (nSPS) is 12.4. The van der Waals surface area contributed by atoms with Crippen molar-refractivity contribution in [2.24, 2.45) is 0 Å². The molecule has 1 aromatic carbocycles. The molecule has 0 radical (unpaired) electrons. The summed E-state index contributed by atoms with van der Waals surface area (Å²) in [5.74, 6) is 0. The van der Waals surface area contributed by atoms with E-state index in [1.54, 1.807) is 18.0 Å². The number of benzene rings is 1. The maximum atomic E-state index is 10.2. The SMILES string of the molecule is CSc1ccccc1[C@@H](O)c1ccccn1. The van der Waals surface area contributed by atoms with E-state index >= 15 is 0 Å². The Morgan fingerprint density at radius 3 is 2.56 bits per heavy atom. The summed E-state index contributed by atoms with van der Waals surface area (Å²) in [7, 11) is 0. The average Bonchev–Trinajstić information content (AvgIpc) is 2.39. The molecule has 0 aliphatic heterocycles. The molecule has 0 aliphatic rings. The number of hydrogen-bond acceptors (Lipinski definition) is 3. The second-order valence-electron chi connectivity index (χ2n) is 3.40. The summed E-state index contributed by atoms with van der Waals surface area (Å²) < 4.78 is 0. The van der Waals surface area contributed by atoms with Gasteiger partial charge in [-0.1, -0.05) is 24.3 Å². The van der Waals surface area contributed by atoms with Gasteiger partial charge in [-0.2, -0.15) is 0 Å². The van der Waals surface area contributed by atoms with Crippen molar-refractivity contribution in [1.29, 1.82) is 0 Å². The van der Waals surface area contributed by atoms with Gasteiger partial charge in [-0.05, 0) is 24.5 Å². The van der Waals surface area contributed by atoms with Crippen molar-refractivity contribution in [2.45, 2.75) is 11.0 Å². The molecule has 3 heteroatoms. The highest BCUT2D eigenvalue weighted by molar-refractivity contribution is 7.98. The molecular formula is C13H13NOS. The van der Waals surface area contributed by atoms with Gasteiger partial charge in [0.1, 0.15) is 6.10 Å². The van der Waals surface area contributed by atoms with Gasteiger partial charge in [0.2, 0.25) is 0 Å². The van der Waals surface area contributed by atoms with Gasteiger partial charge in [0, 0.05) is 16.7 Å². The molecule has 1 aromatic heterocycles. The molecule has 0 bridgehead atoms. The summed E-state index contributed by atoms with van der Waals surface area (Å²) >= 11 is 1.63. The van der Waals surface area contributed by atoms with Crippen LogP contribution < -0.4 is 0 Å². The zero-order valence-corrected chi connectivity index (χ0v) is 9.82. The van der Waals surface area contributed by atoms with Gasteiger partial charge in [-0.3, -0.25) is 4.98 Å². The zero-order chi connectivity index (χ0) is 11.4. The number of thioether (sulfide) groups is 1. The van der Waals surface area contributed by atoms with Crippen LogP contribution in [0.2, 0.25) is 0 Å². The average molecular weight is 231 g/mol. The van der Waals surface area contributed by atoms with Crippen LogP contribution >= 0.6 is 11.8 Å². The van der Waals surface area contributed by atoms with Crippen LogP contribution in [0.5, 0.6) is 0 Å². The van der Waals surface area contributed by atoms with Gasteiger partial charge in [0.05, 0.1) is 5.69 Å². The first kappa shape index (κ1) is 11.2. The topological polar surface area (TPSA) is 33.1 Å². The first-order chi connectivity index (χ1) is 7.83. The summed E-state index contributed by atoms with van der Waals surface area (Å²) in [6.45, 7) is 0. The molecule has 0 unspecified atom stereocenters. The summed E-state index contributed by atoms with van der Waals surface area (Å²) in [5, 5.41) is 10.2. The van der Waals surface area contributed by atoms with Crippen LogP contribution in [-0.2, 0) is 0 Å². The Morgan fingerprint density at radius 2 is 1.88 bits per heavy atom. The number of aromatic nitrogens is 1. The molecule has 82 valence electrons. The second kappa shape index (κ2) is 5.14. The van der Waals surface area contributed by atoms with Crippen LogP contribution in [0.1, 0.15) is 17.4 Å². The number of aliphatic hydroxyl groups excluding tert-OH is 1. The third kappa shape index (κ3) is 2.26. The maximum Gasteiger partial charge on any atom is 0.122 e. The summed E-state index contributed by atoms with van der Waals surface area (Å²) in [6.07, 6.45) is 3.05. The molecule has 1 heterocycles. The molecule has 0 aliphatic carbocycles. The van der Waals surface area contributed by atoms with Crippen molar-refractivity contribution in [3.63, 3.8) is 0 Å². The van der Waals surface area contributed by atoms with E-state index < -0.39 is 6.10 Å². The lowest BCUT2D eigenvalue weighted by molar-refractivity contribution is 0.212. The Balaban J connectivity index is 2.37.